The minimum absolute atomic E-state index is 0.507. The summed E-state index contributed by atoms with van der Waals surface area (Å²) in [6.45, 7) is 4.31. The van der Waals surface area contributed by atoms with Crippen LogP contribution in [0.2, 0.25) is 0 Å². The van der Waals surface area contributed by atoms with Crippen molar-refractivity contribution in [3.63, 3.8) is 0 Å². The van der Waals surface area contributed by atoms with Crippen LogP contribution >= 0.6 is 0 Å². The van der Waals surface area contributed by atoms with Crippen LogP contribution in [0.5, 0.6) is 0 Å². The maximum Gasteiger partial charge on any atom is 0.151 e. The van der Waals surface area contributed by atoms with Crippen molar-refractivity contribution in [2.75, 3.05) is 13.1 Å². The van der Waals surface area contributed by atoms with Crippen molar-refractivity contribution in [3.05, 3.63) is 5.82 Å². The van der Waals surface area contributed by atoms with Gasteiger partial charge in [0.1, 0.15) is 0 Å². The first-order valence-corrected chi connectivity index (χ1v) is 5.39. The van der Waals surface area contributed by atoms with E-state index in [9.17, 15) is 0 Å². The molecule has 0 spiro atoms. The van der Waals surface area contributed by atoms with Crippen molar-refractivity contribution in [1.82, 2.24) is 25.5 Å². The lowest BCUT2D eigenvalue weighted by molar-refractivity contribution is 0.329. The summed E-state index contributed by atoms with van der Waals surface area (Å²) >= 11 is 0. The molecule has 5 heteroatoms. The molecule has 0 aliphatic carbocycles. The van der Waals surface area contributed by atoms with Crippen LogP contribution in [0.4, 0.5) is 0 Å². The number of hydrogen-bond donors (Lipinski definition) is 1. The van der Waals surface area contributed by atoms with E-state index >= 15 is 0 Å². The molecule has 0 amide bonds. The Balaban J connectivity index is 2.09. The zero-order chi connectivity index (χ0) is 9.80. The van der Waals surface area contributed by atoms with E-state index in [1.54, 1.807) is 0 Å². The highest BCUT2D eigenvalue weighted by molar-refractivity contribution is 4.86. The van der Waals surface area contributed by atoms with Crippen molar-refractivity contribution >= 4 is 0 Å². The normalized spacial score (nSPS) is 18.6. The van der Waals surface area contributed by atoms with Gasteiger partial charge in [-0.1, -0.05) is 6.92 Å². The van der Waals surface area contributed by atoms with Crippen LogP contribution in [0.25, 0.3) is 0 Å². The highest BCUT2D eigenvalue weighted by Gasteiger charge is 2.18. The number of hydrogen-bond acceptors (Lipinski definition) is 4. The molecule has 0 unspecified atom stereocenters. The SMILES string of the molecule is CCCc1nnnn1C1CCNCC1. The third-order valence-electron chi connectivity index (χ3n) is 2.69. The Morgan fingerprint density at radius 2 is 2.21 bits per heavy atom. The molecule has 5 nitrogen and oxygen atoms in total. The minimum Gasteiger partial charge on any atom is -0.317 e. The molecule has 1 saturated heterocycles. The molecule has 1 fully saturated rings. The number of tetrazole rings is 1. The van der Waals surface area contributed by atoms with E-state index in [2.05, 4.69) is 27.8 Å². The lowest BCUT2D eigenvalue weighted by Crippen LogP contribution is -2.30. The molecule has 0 saturated carbocycles. The van der Waals surface area contributed by atoms with Gasteiger partial charge in [-0.3, -0.25) is 0 Å². The minimum atomic E-state index is 0.507. The molecule has 0 radical (unpaired) electrons. The van der Waals surface area contributed by atoms with Gasteiger partial charge in [0, 0.05) is 6.42 Å². The average Bonchev–Trinajstić information content (AvgIpc) is 2.68. The molecule has 14 heavy (non-hydrogen) atoms. The zero-order valence-corrected chi connectivity index (χ0v) is 8.61. The van der Waals surface area contributed by atoms with Gasteiger partial charge >= 0.3 is 0 Å². The second-order valence-electron chi connectivity index (χ2n) is 3.77. The highest BCUT2D eigenvalue weighted by atomic mass is 15.5. The summed E-state index contributed by atoms with van der Waals surface area (Å²) in [5, 5.41) is 15.3. The topological polar surface area (TPSA) is 55.6 Å². The van der Waals surface area contributed by atoms with Gasteiger partial charge in [0.15, 0.2) is 5.82 Å². The summed E-state index contributed by atoms with van der Waals surface area (Å²) in [6.07, 6.45) is 4.37. The fourth-order valence-corrected chi connectivity index (χ4v) is 1.94. The second kappa shape index (κ2) is 4.50. The van der Waals surface area contributed by atoms with Crippen LogP contribution in [0.1, 0.15) is 38.1 Å². The van der Waals surface area contributed by atoms with Crippen LogP contribution in [-0.2, 0) is 6.42 Å². The number of piperidine rings is 1. The molecule has 2 rings (SSSR count). The average molecular weight is 195 g/mol. The predicted octanol–water partition coefficient (Wildman–Crippen LogP) is 0.550. The molecule has 0 bridgehead atoms. The monoisotopic (exact) mass is 195 g/mol. The molecule has 78 valence electrons. The molecule has 1 aliphatic heterocycles. The molecule has 0 atom stereocenters. The van der Waals surface area contributed by atoms with Gasteiger partial charge < -0.3 is 5.32 Å². The molecule has 0 aromatic carbocycles. The standard InChI is InChI=1S/C9H17N5/c1-2-3-9-11-12-13-14(9)8-4-6-10-7-5-8/h8,10H,2-7H2,1H3. The van der Waals surface area contributed by atoms with E-state index in [0.717, 1.165) is 44.6 Å². The summed E-state index contributed by atoms with van der Waals surface area (Å²) in [6, 6.07) is 0.507. The van der Waals surface area contributed by atoms with Crippen molar-refractivity contribution in [2.24, 2.45) is 0 Å². The van der Waals surface area contributed by atoms with E-state index in [1.165, 1.54) is 0 Å². The lowest BCUT2D eigenvalue weighted by Gasteiger charge is -2.23. The summed E-state index contributed by atoms with van der Waals surface area (Å²) in [5.74, 6) is 1.04. The van der Waals surface area contributed by atoms with Gasteiger partial charge in [-0.15, -0.1) is 5.10 Å². The molecule has 1 aromatic heterocycles. The first-order chi connectivity index (χ1) is 6.92. The number of aryl methyl sites for hydroxylation is 1. The Labute approximate surface area is 83.9 Å². The lowest BCUT2D eigenvalue weighted by atomic mass is 10.1. The Morgan fingerprint density at radius 1 is 1.43 bits per heavy atom. The van der Waals surface area contributed by atoms with Crippen molar-refractivity contribution in [3.8, 4) is 0 Å². The van der Waals surface area contributed by atoms with E-state index < -0.39 is 0 Å². The number of nitrogens with one attached hydrogen (secondary N) is 1. The maximum absolute atomic E-state index is 4.09. The largest absolute Gasteiger partial charge is 0.317 e. The fourth-order valence-electron chi connectivity index (χ4n) is 1.94. The van der Waals surface area contributed by atoms with Gasteiger partial charge in [0.2, 0.25) is 0 Å². The van der Waals surface area contributed by atoms with Gasteiger partial charge in [0.25, 0.3) is 0 Å². The summed E-state index contributed by atoms with van der Waals surface area (Å²) in [4.78, 5) is 0. The molecule has 1 aromatic rings. The van der Waals surface area contributed by atoms with Crippen LogP contribution in [-0.4, -0.2) is 33.3 Å². The Hall–Kier alpha value is -0.970. The van der Waals surface area contributed by atoms with Crippen molar-refractivity contribution < 1.29 is 0 Å². The third-order valence-corrected chi connectivity index (χ3v) is 2.69. The van der Waals surface area contributed by atoms with Gasteiger partial charge in [-0.05, 0) is 42.8 Å². The first kappa shape index (κ1) is 9.58. The van der Waals surface area contributed by atoms with Gasteiger partial charge in [-0.25, -0.2) is 4.68 Å². The van der Waals surface area contributed by atoms with E-state index in [4.69, 9.17) is 0 Å². The van der Waals surface area contributed by atoms with Crippen LogP contribution in [0.3, 0.4) is 0 Å². The molecular formula is C9H17N5. The quantitative estimate of drug-likeness (QED) is 0.765. The zero-order valence-electron chi connectivity index (χ0n) is 8.61. The number of nitrogens with zero attached hydrogens (tertiary/aromatic N) is 4. The predicted molar refractivity (Wildman–Crippen MR) is 53.0 cm³/mol. The van der Waals surface area contributed by atoms with Crippen LogP contribution in [0.15, 0.2) is 0 Å². The van der Waals surface area contributed by atoms with Crippen LogP contribution < -0.4 is 5.32 Å². The summed E-state index contributed by atoms with van der Waals surface area (Å²) in [7, 11) is 0. The molecule has 1 N–H and O–H groups in total. The van der Waals surface area contributed by atoms with Crippen LogP contribution in [0, 0.1) is 0 Å². The first-order valence-electron chi connectivity index (χ1n) is 5.39. The van der Waals surface area contributed by atoms with E-state index in [1.807, 2.05) is 4.68 Å². The van der Waals surface area contributed by atoms with Gasteiger partial charge in [-0.2, -0.15) is 0 Å². The Kier molecular flexibility index (Phi) is 3.08. The Morgan fingerprint density at radius 3 is 2.93 bits per heavy atom. The third kappa shape index (κ3) is 1.92. The molecule has 2 heterocycles. The van der Waals surface area contributed by atoms with E-state index in [0.29, 0.717) is 6.04 Å². The second-order valence-corrected chi connectivity index (χ2v) is 3.77. The summed E-state index contributed by atoms with van der Waals surface area (Å²) < 4.78 is 2.02. The Bertz CT molecular complexity index is 276. The van der Waals surface area contributed by atoms with Crippen molar-refractivity contribution in [2.45, 2.75) is 38.6 Å². The fraction of sp³-hybridized carbons (Fsp3) is 0.889. The smallest absolute Gasteiger partial charge is 0.151 e. The van der Waals surface area contributed by atoms with E-state index in [-0.39, 0.29) is 0 Å². The number of rotatable bonds is 3. The molecular weight excluding hydrogens is 178 g/mol. The summed E-state index contributed by atoms with van der Waals surface area (Å²) in [5.41, 5.74) is 0. The van der Waals surface area contributed by atoms with Gasteiger partial charge in [0.05, 0.1) is 6.04 Å². The maximum atomic E-state index is 4.09. The highest BCUT2D eigenvalue weighted by Crippen LogP contribution is 2.18. The van der Waals surface area contributed by atoms with Crippen molar-refractivity contribution in [1.29, 1.82) is 0 Å². The number of aromatic nitrogens is 4. The molecule has 1 aliphatic rings.